The second-order valence-electron chi connectivity index (χ2n) is 4.66. The molecule has 2 N–H and O–H groups in total. The van der Waals surface area contributed by atoms with Gasteiger partial charge >= 0.3 is 0 Å². The molecular formula is C13H18N2O. The van der Waals surface area contributed by atoms with Crippen LogP contribution in [0.4, 0.5) is 0 Å². The smallest absolute Gasteiger partial charge is 0.179 e. The lowest BCUT2D eigenvalue weighted by atomic mass is 9.86. The maximum atomic E-state index is 12.0. The van der Waals surface area contributed by atoms with Crippen molar-refractivity contribution in [3.63, 3.8) is 0 Å². The summed E-state index contributed by atoms with van der Waals surface area (Å²) in [5.41, 5.74) is 7.62. The van der Waals surface area contributed by atoms with E-state index in [1.165, 1.54) is 0 Å². The molecule has 1 fully saturated rings. The van der Waals surface area contributed by atoms with E-state index in [9.17, 15) is 4.79 Å². The lowest BCUT2D eigenvalue weighted by Crippen LogP contribution is -2.42. The van der Waals surface area contributed by atoms with Crippen LogP contribution >= 0.6 is 0 Å². The third-order valence-corrected chi connectivity index (χ3v) is 3.14. The SMILES string of the molecule is CC(N)C(=O)c1ccccc1C1CN(C)C1. The molecule has 2 rings (SSSR count). The highest BCUT2D eigenvalue weighted by Crippen LogP contribution is 2.28. The van der Waals surface area contributed by atoms with Crippen molar-refractivity contribution in [1.82, 2.24) is 4.90 Å². The van der Waals surface area contributed by atoms with Gasteiger partial charge in [0.2, 0.25) is 0 Å². The van der Waals surface area contributed by atoms with Crippen LogP contribution in [-0.4, -0.2) is 36.9 Å². The van der Waals surface area contributed by atoms with Crippen molar-refractivity contribution < 1.29 is 4.79 Å². The Morgan fingerprint density at radius 1 is 1.44 bits per heavy atom. The first-order valence-electron chi connectivity index (χ1n) is 5.67. The van der Waals surface area contributed by atoms with E-state index in [4.69, 9.17) is 5.73 Å². The number of carbonyl (C=O) groups is 1. The van der Waals surface area contributed by atoms with Gasteiger partial charge in [-0.1, -0.05) is 24.3 Å². The van der Waals surface area contributed by atoms with Crippen molar-refractivity contribution in [2.75, 3.05) is 20.1 Å². The Hall–Kier alpha value is -1.19. The van der Waals surface area contributed by atoms with Crippen LogP contribution in [-0.2, 0) is 0 Å². The average Bonchev–Trinajstić information content (AvgIpc) is 2.24. The van der Waals surface area contributed by atoms with Gasteiger partial charge in [-0.05, 0) is 19.5 Å². The fourth-order valence-corrected chi connectivity index (χ4v) is 2.22. The highest BCUT2D eigenvalue weighted by Gasteiger charge is 2.28. The molecule has 1 aromatic rings. The van der Waals surface area contributed by atoms with Crippen molar-refractivity contribution in [2.24, 2.45) is 5.73 Å². The topological polar surface area (TPSA) is 46.3 Å². The first-order valence-corrected chi connectivity index (χ1v) is 5.67. The van der Waals surface area contributed by atoms with E-state index < -0.39 is 6.04 Å². The monoisotopic (exact) mass is 218 g/mol. The fraction of sp³-hybridized carbons (Fsp3) is 0.462. The Morgan fingerprint density at radius 2 is 2.06 bits per heavy atom. The molecule has 0 saturated carbocycles. The summed E-state index contributed by atoms with van der Waals surface area (Å²) < 4.78 is 0. The van der Waals surface area contributed by atoms with E-state index in [2.05, 4.69) is 11.9 Å². The Kier molecular flexibility index (Phi) is 3.08. The molecule has 86 valence electrons. The molecule has 0 amide bonds. The van der Waals surface area contributed by atoms with Crippen LogP contribution in [0.1, 0.15) is 28.8 Å². The summed E-state index contributed by atoms with van der Waals surface area (Å²) >= 11 is 0. The summed E-state index contributed by atoms with van der Waals surface area (Å²) in [7, 11) is 2.09. The normalized spacial score (nSPS) is 19.2. The lowest BCUT2D eigenvalue weighted by molar-refractivity contribution is 0.0963. The number of nitrogens with zero attached hydrogens (tertiary/aromatic N) is 1. The first kappa shape index (κ1) is 11.3. The van der Waals surface area contributed by atoms with Gasteiger partial charge in [-0.2, -0.15) is 0 Å². The zero-order chi connectivity index (χ0) is 11.7. The molecule has 0 aliphatic carbocycles. The quantitative estimate of drug-likeness (QED) is 0.777. The summed E-state index contributed by atoms with van der Waals surface area (Å²) in [4.78, 5) is 14.2. The number of rotatable bonds is 3. The number of likely N-dealkylation sites (tertiary alicyclic amines) is 1. The molecule has 1 saturated heterocycles. The average molecular weight is 218 g/mol. The number of likely N-dealkylation sites (N-methyl/N-ethyl adjacent to an activating group) is 1. The number of hydrogen-bond acceptors (Lipinski definition) is 3. The van der Waals surface area contributed by atoms with E-state index in [0.717, 1.165) is 24.2 Å². The van der Waals surface area contributed by atoms with Gasteiger partial charge in [0.15, 0.2) is 5.78 Å². The van der Waals surface area contributed by atoms with E-state index in [1.807, 2.05) is 24.3 Å². The molecule has 1 atom stereocenters. The van der Waals surface area contributed by atoms with Gasteiger partial charge in [0, 0.05) is 24.6 Å². The summed E-state index contributed by atoms with van der Waals surface area (Å²) in [5.74, 6) is 0.536. The van der Waals surface area contributed by atoms with E-state index in [0.29, 0.717) is 5.92 Å². The molecular weight excluding hydrogens is 200 g/mol. The minimum Gasteiger partial charge on any atom is -0.321 e. The second kappa shape index (κ2) is 4.36. The maximum Gasteiger partial charge on any atom is 0.179 e. The van der Waals surface area contributed by atoms with Gasteiger partial charge in [0.1, 0.15) is 0 Å². The summed E-state index contributed by atoms with van der Waals surface area (Å²) in [6.07, 6.45) is 0. The van der Waals surface area contributed by atoms with Crippen LogP contribution in [0, 0.1) is 0 Å². The van der Waals surface area contributed by atoms with E-state index in [1.54, 1.807) is 6.92 Å². The number of ketones is 1. The van der Waals surface area contributed by atoms with Crippen molar-refractivity contribution in [1.29, 1.82) is 0 Å². The Bertz CT molecular complexity index is 395. The third kappa shape index (κ3) is 2.01. The van der Waals surface area contributed by atoms with Crippen LogP contribution in [0.3, 0.4) is 0 Å². The van der Waals surface area contributed by atoms with Crippen LogP contribution in [0.25, 0.3) is 0 Å². The molecule has 1 aliphatic heterocycles. The molecule has 3 heteroatoms. The number of Topliss-reactive ketones (excluding diaryl/α,β-unsaturated/α-hetero) is 1. The van der Waals surface area contributed by atoms with Gasteiger partial charge in [-0.3, -0.25) is 4.79 Å². The van der Waals surface area contributed by atoms with E-state index in [-0.39, 0.29) is 5.78 Å². The summed E-state index contributed by atoms with van der Waals surface area (Å²) in [6.45, 7) is 3.80. The predicted molar refractivity (Wildman–Crippen MR) is 64.7 cm³/mol. The fourth-order valence-electron chi connectivity index (χ4n) is 2.22. The van der Waals surface area contributed by atoms with E-state index >= 15 is 0 Å². The van der Waals surface area contributed by atoms with Crippen molar-refractivity contribution >= 4 is 5.78 Å². The minimum absolute atomic E-state index is 0.0464. The Balaban J connectivity index is 2.27. The molecule has 3 nitrogen and oxygen atoms in total. The molecule has 0 aromatic heterocycles. The number of nitrogens with two attached hydrogens (primary N) is 1. The predicted octanol–water partition coefficient (Wildman–Crippen LogP) is 1.25. The molecule has 0 spiro atoms. The van der Waals surface area contributed by atoms with Gasteiger partial charge in [0.25, 0.3) is 0 Å². The second-order valence-corrected chi connectivity index (χ2v) is 4.66. The zero-order valence-electron chi connectivity index (χ0n) is 9.81. The highest BCUT2D eigenvalue weighted by molar-refractivity contribution is 6.01. The van der Waals surface area contributed by atoms with Crippen molar-refractivity contribution in [3.8, 4) is 0 Å². The highest BCUT2D eigenvalue weighted by atomic mass is 16.1. The molecule has 0 radical (unpaired) electrons. The van der Waals surface area contributed by atoms with Gasteiger partial charge in [-0.15, -0.1) is 0 Å². The molecule has 1 aromatic carbocycles. The molecule has 1 unspecified atom stereocenters. The molecule has 1 aliphatic rings. The molecule has 0 bridgehead atoms. The standard InChI is InChI=1S/C13H18N2O/c1-9(14)13(16)12-6-4-3-5-11(12)10-7-15(2)8-10/h3-6,9-10H,7-8,14H2,1-2H3. The zero-order valence-corrected chi connectivity index (χ0v) is 9.81. The lowest BCUT2D eigenvalue weighted by Gasteiger charge is -2.37. The number of carbonyl (C=O) groups excluding carboxylic acids is 1. The summed E-state index contributed by atoms with van der Waals surface area (Å²) in [6, 6.07) is 7.42. The van der Waals surface area contributed by atoms with Crippen LogP contribution in [0.5, 0.6) is 0 Å². The van der Waals surface area contributed by atoms with Crippen molar-refractivity contribution in [2.45, 2.75) is 18.9 Å². The van der Waals surface area contributed by atoms with Gasteiger partial charge in [0.05, 0.1) is 6.04 Å². The van der Waals surface area contributed by atoms with Crippen LogP contribution in [0.15, 0.2) is 24.3 Å². The summed E-state index contributed by atoms with van der Waals surface area (Å²) in [5, 5.41) is 0. The number of benzene rings is 1. The number of hydrogen-bond donors (Lipinski definition) is 1. The first-order chi connectivity index (χ1) is 7.59. The maximum absolute atomic E-state index is 12.0. The van der Waals surface area contributed by atoms with Crippen LogP contribution in [0.2, 0.25) is 0 Å². The molecule has 16 heavy (non-hydrogen) atoms. The largest absolute Gasteiger partial charge is 0.321 e. The Morgan fingerprint density at radius 3 is 2.62 bits per heavy atom. The van der Waals surface area contributed by atoms with Gasteiger partial charge < -0.3 is 10.6 Å². The van der Waals surface area contributed by atoms with Gasteiger partial charge in [-0.25, -0.2) is 0 Å². The Labute approximate surface area is 96.2 Å². The van der Waals surface area contributed by atoms with Crippen molar-refractivity contribution in [3.05, 3.63) is 35.4 Å². The minimum atomic E-state index is -0.418. The van der Waals surface area contributed by atoms with Crippen LogP contribution < -0.4 is 5.73 Å². The molecule has 1 heterocycles. The third-order valence-electron chi connectivity index (χ3n) is 3.14.